The van der Waals surface area contributed by atoms with Gasteiger partial charge in [-0.2, -0.15) is 4.31 Å². The lowest BCUT2D eigenvalue weighted by Crippen LogP contribution is -2.41. The third kappa shape index (κ3) is 8.17. The van der Waals surface area contributed by atoms with Crippen LogP contribution in [0.15, 0.2) is 52.2 Å². The van der Waals surface area contributed by atoms with Crippen molar-refractivity contribution >= 4 is 27.4 Å². The van der Waals surface area contributed by atoms with Crippen molar-refractivity contribution in [3.63, 3.8) is 0 Å². The Kier molecular flexibility index (Phi) is 9.58. The number of para-hydroxylation sites is 1. The van der Waals surface area contributed by atoms with E-state index in [0.717, 1.165) is 16.8 Å². The van der Waals surface area contributed by atoms with E-state index in [2.05, 4.69) is 18.7 Å². The van der Waals surface area contributed by atoms with Gasteiger partial charge in [-0.15, -0.1) is 0 Å². The topological polar surface area (TPSA) is 225 Å². The van der Waals surface area contributed by atoms with Crippen molar-refractivity contribution in [3.8, 4) is 0 Å². The summed E-state index contributed by atoms with van der Waals surface area (Å²) in [6.45, 7) is 0.478. The Morgan fingerprint density at radius 3 is 2.46 bits per heavy atom. The molecule has 0 saturated carbocycles. The Balaban J connectivity index is 1.76. The van der Waals surface area contributed by atoms with Gasteiger partial charge in [-0.1, -0.05) is 25.1 Å². The molecule has 0 aliphatic carbocycles. The van der Waals surface area contributed by atoms with E-state index in [1.807, 2.05) is 4.98 Å². The molecule has 0 spiro atoms. The van der Waals surface area contributed by atoms with Gasteiger partial charge >= 0.3 is 27.4 Å². The number of H-pyrrole nitrogens is 1. The zero-order chi connectivity index (χ0) is 27.2. The van der Waals surface area contributed by atoms with Gasteiger partial charge in [0.15, 0.2) is 12.3 Å². The number of benzene rings is 1. The number of nitrogens with zero attached hydrogens (tertiary/aromatic N) is 1. The van der Waals surface area contributed by atoms with Crippen molar-refractivity contribution in [3.05, 3.63) is 63.4 Å². The van der Waals surface area contributed by atoms with Crippen LogP contribution in [0.25, 0.3) is 0 Å². The molecule has 5 N–H and O–H groups in total. The molecule has 1 aliphatic rings. The Morgan fingerprint density at radius 2 is 1.81 bits per heavy atom. The van der Waals surface area contributed by atoms with Gasteiger partial charge in [-0.3, -0.25) is 28.7 Å². The molecule has 0 bridgehead atoms. The molecule has 1 aromatic heterocycles. The highest BCUT2D eigenvalue weighted by atomic mass is 31.3. The number of hydrogen-bond acceptors (Lipinski definition) is 11. The summed E-state index contributed by atoms with van der Waals surface area (Å²) in [6, 6.07) is 9.11. The largest absolute Gasteiger partial charge is 0.481 e. The molecule has 6 atom stereocenters. The first kappa shape index (κ1) is 28.9. The Hall–Kier alpha value is -2.65. The van der Waals surface area contributed by atoms with Gasteiger partial charge in [-0.25, -0.2) is 18.7 Å². The summed E-state index contributed by atoms with van der Waals surface area (Å²) in [5, 5.41) is 13.2. The fraction of sp³-hybridized carbons (Fsp3) is 0.421. The second-order valence-corrected chi connectivity index (χ2v) is 10.6. The predicted molar refractivity (Wildman–Crippen MR) is 125 cm³/mol. The number of aromatic amines is 1. The second kappa shape index (κ2) is 12.3. The number of phosphoric ester groups is 2. The number of phosphoric acid groups is 2. The smallest absolute Gasteiger partial charge is 0.438 e. The normalized spacial score (nSPS) is 24.6. The average molecular weight is 565 g/mol. The van der Waals surface area contributed by atoms with Crippen molar-refractivity contribution in [2.75, 3.05) is 18.5 Å². The molecule has 37 heavy (non-hydrogen) atoms. The van der Waals surface area contributed by atoms with E-state index in [1.165, 1.54) is 0 Å². The highest BCUT2D eigenvalue weighted by molar-refractivity contribution is 7.61. The van der Waals surface area contributed by atoms with Crippen LogP contribution in [-0.4, -0.2) is 62.1 Å². The number of carbonyl (C=O) groups excluding carboxylic acids is 1. The molecule has 2 aromatic rings. The number of anilines is 1. The minimum Gasteiger partial charge on any atom is -0.438 e. The summed E-state index contributed by atoms with van der Waals surface area (Å²) < 4.78 is 48.9. The SMILES string of the molecule is CCCOP(=O)(O)OP(=O)(O)OCC1OC(n2ccc(=O)[nH]c2=O)C(OC(=O)Nc2ccccc2)C1O. The maximum atomic E-state index is 12.4. The third-order valence-corrected chi connectivity index (χ3v) is 7.40. The van der Waals surface area contributed by atoms with Gasteiger partial charge in [0, 0.05) is 18.0 Å². The quantitative estimate of drug-likeness (QED) is 0.241. The maximum absolute atomic E-state index is 12.4. The Morgan fingerprint density at radius 1 is 1.14 bits per heavy atom. The maximum Gasteiger partial charge on any atom is 0.481 e. The summed E-state index contributed by atoms with van der Waals surface area (Å²) in [5.74, 6) is 0. The number of rotatable bonds is 11. The first-order valence-corrected chi connectivity index (χ1v) is 13.7. The van der Waals surface area contributed by atoms with E-state index in [0.29, 0.717) is 12.1 Å². The molecule has 1 aromatic carbocycles. The van der Waals surface area contributed by atoms with Crippen LogP contribution in [0, 0.1) is 0 Å². The molecule has 1 amide bonds. The first-order valence-electron chi connectivity index (χ1n) is 10.7. The van der Waals surface area contributed by atoms with Gasteiger partial charge in [0.1, 0.15) is 12.2 Å². The first-order chi connectivity index (χ1) is 17.4. The fourth-order valence-corrected chi connectivity index (χ4v) is 5.35. The van der Waals surface area contributed by atoms with E-state index >= 15 is 0 Å². The van der Waals surface area contributed by atoms with Crippen LogP contribution in [-0.2, 0) is 32.0 Å². The van der Waals surface area contributed by atoms with Crippen molar-refractivity contribution < 1.29 is 51.6 Å². The minimum absolute atomic E-state index is 0.238. The molecular weight excluding hydrogens is 540 g/mol. The fourth-order valence-electron chi connectivity index (χ4n) is 3.18. The number of hydrogen-bond donors (Lipinski definition) is 5. The Bertz CT molecular complexity index is 1280. The van der Waals surface area contributed by atoms with E-state index in [4.69, 9.17) is 9.47 Å². The van der Waals surface area contributed by atoms with E-state index in [-0.39, 0.29) is 6.61 Å². The molecule has 1 fully saturated rings. The molecule has 1 saturated heterocycles. The van der Waals surface area contributed by atoms with E-state index in [1.54, 1.807) is 37.3 Å². The van der Waals surface area contributed by atoms with Crippen LogP contribution in [0.1, 0.15) is 19.6 Å². The number of aliphatic hydroxyl groups is 1. The van der Waals surface area contributed by atoms with Crippen LogP contribution in [0.4, 0.5) is 10.5 Å². The van der Waals surface area contributed by atoms with Crippen LogP contribution < -0.4 is 16.6 Å². The second-order valence-electron chi connectivity index (χ2n) is 7.58. The van der Waals surface area contributed by atoms with Crippen molar-refractivity contribution in [1.82, 2.24) is 9.55 Å². The number of nitrogens with one attached hydrogen (secondary N) is 2. The molecular formula is C19H25N3O13P2. The standard InChI is InChI=1S/C19H25N3O13P2/c1-2-10-31-36(27,28)35-37(29,30)32-11-13-15(24)16(34-19(26)20-12-6-4-3-5-7-12)17(33-13)22-9-8-14(23)21-18(22)25/h3-9,13,15-17,24H,2,10-11H2,1H3,(H,20,26)(H,27,28)(H,29,30)(H,21,23,25). The number of carbonyl (C=O) groups is 1. The monoisotopic (exact) mass is 565 g/mol. The summed E-state index contributed by atoms with van der Waals surface area (Å²) >= 11 is 0. The van der Waals surface area contributed by atoms with Gasteiger partial charge in [0.05, 0.1) is 13.2 Å². The lowest BCUT2D eigenvalue weighted by atomic mass is 10.1. The summed E-state index contributed by atoms with van der Waals surface area (Å²) in [5.41, 5.74) is -1.33. The van der Waals surface area contributed by atoms with E-state index < -0.39 is 64.1 Å². The van der Waals surface area contributed by atoms with Crippen molar-refractivity contribution in [2.45, 2.75) is 37.9 Å². The van der Waals surface area contributed by atoms with Crippen LogP contribution in [0.3, 0.4) is 0 Å². The zero-order valence-electron chi connectivity index (χ0n) is 19.2. The highest BCUT2D eigenvalue weighted by Crippen LogP contribution is 2.60. The molecule has 1 aliphatic heterocycles. The molecule has 6 unspecified atom stereocenters. The van der Waals surface area contributed by atoms with E-state index in [9.17, 15) is 38.4 Å². The summed E-state index contributed by atoms with van der Waals surface area (Å²) in [6.07, 6.45) is -6.01. The summed E-state index contributed by atoms with van der Waals surface area (Å²) in [7, 11) is -10.1. The molecule has 18 heteroatoms. The van der Waals surface area contributed by atoms with Crippen molar-refractivity contribution in [2.24, 2.45) is 0 Å². The number of aliphatic hydroxyl groups excluding tert-OH is 1. The highest BCUT2D eigenvalue weighted by Gasteiger charge is 2.49. The molecule has 2 heterocycles. The summed E-state index contributed by atoms with van der Waals surface area (Å²) in [4.78, 5) is 57.5. The zero-order valence-corrected chi connectivity index (χ0v) is 21.0. The third-order valence-electron chi connectivity index (χ3n) is 4.77. The molecule has 204 valence electrons. The van der Waals surface area contributed by atoms with Crippen LogP contribution in [0.2, 0.25) is 0 Å². The van der Waals surface area contributed by atoms with Crippen molar-refractivity contribution in [1.29, 1.82) is 0 Å². The lowest BCUT2D eigenvalue weighted by molar-refractivity contribution is -0.0552. The van der Waals surface area contributed by atoms with Gasteiger partial charge in [0.2, 0.25) is 0 Å². The van der Waals surface area contributed by atoms with Crippen LogP contribution in [0.5, 0.6) is 0 Å². The number of amides is 1. The molecule has 3 rings (SSSR count). The Labute approximate surface area is 209 Å². The minimum atomic E-state index is -5.20. The predicted octanol–water partition coefficient (Wildman–Crippen LogP) is 1.07. The molecule has 0 radical (unpaired) electrons. The van der Waals surface area contributed by atoms with Gasteiger partial charge in [0.25, 0.3) is 5.56 Å². The number of aromatic nitrogens is 2. The molecule has 16 nitrogen and oxygen atoms in total. The van der Waals surface area contributed by atoms with Gasteiger partial charge in [-0.05, 0) is 18.6 Å². The average Bonchev–Trinajstić information content (AvgIpc) is 3.11. The lowest BCUT2D eigenvalue weighted by Gasteiger charge is -2.22. The van der Waals surface area contributed by atoms with Gasteiger partial charge < -0.3 is 24.4 Å². The number of ether oxygens (including phenoxy) is 2. The van der Waals surface area contributed by atoms with Crippen LogP contribution >= 0.6 is 15.6 Å².